The molecule has 0 aliphatic carbocycles. The maximum atomic E-state index is 12.1. The fraction of sp³-hybridized carbons (Fsp3) is 0.471. The molecule has 1 unspecified atom stereocenters. The zero-order valence-corrected chi connectivity index (χ0v) is 12.6. The first-order chi connectivity index (χ1) is 10.7. The van der Waals surface area contributed by atoms with Crippen molar-refractivity contribution in [3.63, 3.8) is 0 Å². The summed E-state index contributed by atoms with van der Waals surface area (Å²) in [5, 5.41) is 13.6. The van der Waals surface area contributed by atoms with E-state index in [4.69, 9.17) is 4.74 Å². The van der Waals surface area contributed by atoms with Crippen LogP contribution in [0, 0.1) is 5.41 Å². The first kappa shape index (κ1) is 15.2. The molecule has 3 N–H and O–H groups in total. The number of fused-ring (bicyclic) bond motifs is 1. The lowest BCUT2D eigenvalue weighted by atomic mass is 9.84. The number of para-hydroxylation sites is 1. The van der Waals surface area contributed by atoms with Crippen molar-refractivity contribution < 1.29 is 9.84 Å². The highest BCUT2D eigenvalue weighted by atomic mass is 16.5. The molecule has 0 saturated carbocycles. The predicted molar refractivity (Wildman–Crippen MR) is 85.8 cm³/mol. The van der Waals surface area contributed by atoms with E-state index in [0.29, 0.717) is 13.2 Å². The standard InChI is InChI=1S/C17H22N2O3/c20-7-5-17(6-8-22-12-17)11-18-10-14-9-13-3-1-2-4-15(13)19-16(14)21/h1-4,9,18,20H,5-8,10-12H2,(H,19,21). The van der Waals surface area contributed by atoms with Gasteiger partial charge in [0.2, 0.25) is 0 Å². The Morgan fingerprint density at radius 2 is 2.23 bits per heavy atom. The monoisotopic (exact) mass is 302 g/mol. The second-order valence-corrected chi connectivity index (χ2v) is 6.09. The molecule has 1 fully saturated rings. The Kier molecular flexibility index (Phi) is 4.57. The van der Waals surface area contributed by atoms with Crippen LogP contribution in [0.3, 0.4) is 0 Å². The average Bonchev–Trinajstić information content (AvgIpc) is 2.97. The van der Waals surface area contributed by atoms with Crippen LogP contribution in [0.25, 0.3) is 10.9 Å². The summed E-state index contributed by atoms with van der Waals surface area (Å²) in [7, 11) is 0. The molecule has 3 rings (SSSR count). The first-order valence-corrected chi connectivity index (χ1v) is 7.73. The van der Waals surface area contributed by atoms with Gasteiger partial charge in [-0.1, -0.05) is 18.2 Å². The van der Waals surface area contributed by atoms with Crippen molar-refractivity contribution in [2.45, 2.75) is 19.4 Å². The van der Waals surface area contributed by atoms with Crippen LogP contribution in [0.1, 0.15) is 18.4 Å². The van der Waals surface area contributed by atoms with E-state index in [2.05, 4.69) is 10.3 Å². The van der Waals surface area contributed by atoms with Crippen molar-refractivity contribution in [2.75, 3.05) is 26.4 Å². The second kappa shape index (κ2) is 6.60. The number of aromatic nitrogens is 1. The molecular formula is C17H22N2O3. The summed E-state index contributed by atoms with van der Waals surface area (Å²) < 4.78 is 5.48. The van der Waals surface area contributed by atoms with E-state index in [1.165, 1.54) is 0 Å². The van der Waals surface area contributed by atoms with E-state index in [1.807, 2.05) is 30.3 Å². The third-order valence-corrected chi connectivity index (χ3v) is 4.47. The Bertz CT molecular complexity index is 690. The number of rotatable bonds is 6. The third-order valence-electron chi connectivity index (χ3n) is 4.47. The van der Waals surface area contributed by atoms with E-state index in [-0.39, 0.29) is 17.6 Å². The number of nitrogens with one attached hydrogen (secondary N) is 2. The van der Waals surface area contributed by atoms with Crippen LogP contribution in [-0.4, -0.2) is 36.5 Å². The molecule has 2 aromatic rings. The Morgan fingerprint density at radius 1 is 1.36 bits per heavy atom. The fourth-order valence-corrected chi connectivity index (χ4v) is 3.10. The lowest BCUT2D eigenvalue weighted by Crippen LogP contribution is -2.36. The molecule has 0 bridgehead atoms. The Hall–Kier alpha value is -1.69. The fourth-order valence-electron chi connectivity index (χ4n) is 3.10. The Labute approximate surface area is 129 Å². The van der Waals surface area contributed by atoms with Crippen LogP contribution in [0.2, 0.25) is 0 Å². The van der Waals surface area contributed by atoms with E-state index in [9.17, 15) is 9.90 Å². The molecule has 0 amide bonds. The topological polar surface area (TPSA) is 74.4 Å². The lowest BCUT2D eigenvalue weighted by molar-refractivity contribution is 0.124. The first-order valence-electron chi connectivity index (χ1n) is 7.73. The van der Waals surface area contributed by atoms with Crippen LogP contribution < -0.4 is 10.9 Å². The molecule has 2 heterocycles. The van der Waals surface area contributed by atoms with Gasteiger partial charge in [0.15, 0.2) is 0 Å². The zero-order chi connectivity index (χ0) is 15.4. The van der Waals surface area contributed by atoms with Gasteiger partial charge in [0.1, 0.15) is 0 Å². The minimum absolute atomic E-state index is 0.00163. The normalized spacial score (nSPS) is 21.5. The molecule has 5 heteroatoms. The number of aliphatic hydroxyl groups excluding tert-OH is 1. The van der Waals surface area contributed by atoms with Crippen molar-refractivity contribution in [3.8, 4) is 0 Å². The average molecular weight is 302 g/mol. The quantitative estimate of drug-likeness (QED) is 0.754. The smallest absolute Gasteiger partial charge is 0.252 e. The van der Waals surface area contributed by atoms with Gasteiger partial charge in [-0.25, -0.2) is 0 Å². The largest absolute Gasteiger partial charge is 0.396 e. The summed E-state index contributed by atoms with van der Waals surface area (Å²) in [5.74, 6) is 0. The lowest BCUT2D eigenvalue weighted by Gasteiger charge is -2.26. The van der Waals surface area contributed by atoms with Gasteiger partial charge in [0, 0.05) is 42.8 Å². The van der Waals surface area contributed by atoms with Gasteiger partial charge < -0.3 is 20.1 Å². The number of aromatic amines is 1. The molecule has 1 aromatic carbocycles. The molecule has 0 radical (unpaired) electrons. The number of hydrogen-bond donors (Lipinski definition) is 3. The van der Waals surface area contributed by atoms with Crippen molar-refractivity contribution in [3.05, 3.63) is 46.2 Å². The third kappa shape index (κ3) is 3.21. The molecule has 1 aliphatic rings. The van der Waals surface area contributed by atoms with Crippen molar-refractivity contribution >= 4 is 10.9 Å². The number of pyridine rings is 1. The van der Waals surface area contributed by atoms with Gasteiger partial charge in [-0.3, -0.25) is 4.79 Å². The van der Waals surface area contributed by atoms with Gasteiger partial charge in [0.05, 0.1) is 6.61 Å². The minimum atomic E-state index is -0.0509. The highest BCUT2D eigenvalue weighted by Gasteiger charge is 2.33. The highest BCUT2D eigenvalue weighted by molar-refractivity contribution is 5.78. The highest BCUT2D eigenvalue weighted by Crippen LogP contribution is 2.31. The Morgan fingerprint density at radius 3 is 3.00 bits per heavy atom. The van der Waals surface area contributed by atoms with Crippen molar-refractivity contribution in [1.29, 1.82) is 0 Å². The van der Waals surface area contributed by atoms with Crippen LogP contribution in [0.15, 0.2) is 35.1 Å². The molecule has 1 aliphatic heterocycles. The maximum absolute atomic E-state index is 12.1. The Balaban J connectivity index is 1.68. The summed E-state index contributed by atoms with van der Waals surface area (Å²) in [5.41, 5.74) is 1.54. The molecule has 1 saturated heterocycles. The zero-order valence-electron chi connectivity index (χ0n) is 12.6. The number of ether oxygens (including phenoxy) is 1. The van der Waals surface area contributed by atoms with Gasteiger partial charge in [-0.05, 0) is 30.4 Å². The molecule has 1 aromatic heterocycles. The summed E-state index contributed by atoms with van der Waals surface area (Å²) >= 11 is 0. The molecule has 5 nitrogen and oxygen atoms in total. The van der Waals surface area contributed by atoms with E-state index in [1.54, 1.807) is 0 Å². The molecule has 118 valence electrons. The number of benzene rings is 1. The van der Waals surface area contributed by atoms with Crippen LogP contribution in [0.5, 0.6) is 0 Å². The van der Waals surface area contributed by atoms with Gasteiger partial charge in [-0.15, -0.1) is 0 Å². The second-order valence-electron chi connectivity index (χ2n) is 6.09. The van der Waals surface area contributed by atoms with Gasteiger partial charge in [0.25, 0.3) is 5.56 Å². The SMILES string of the molecule is O=c1[nH]c2ccccc2cc1CNCC1(CCO)CCOC1. The predicted octanol–water partition coefficient (Wildman–Crippen LogP) is 1.41. The van der Waals surface area contributed by atoms with E-state index in [0.717, 1.165) is 42.5 Å². The summed E-state index contributed by atoms with van der Waals surface area (Å²) in [4.78, 5) is 15.0. The van der Waals surface area contributed by atoms with Crippen molar-refractivity contribution in [1.82, 2.24) is 10.3 Å². The van der Waals surface area contributed by atoms with Crippen LogP contribution in [0.4, 0.5) is 0 Å². The van der Waals surface area contributed by atoms with Crippen LogP contribution >= 0.6 is 0 Å². The number of hydrogen-bond acceptors (Lipinski definition) is 4. The molecular weight excluding hydrogens is 280 g/mol. The van der Waals surface area contributed by atoms with Gasteiger partial charge >= 0.3 is 0 Å². The molecule has 1 atom stereocenters. The number of H-pyrrole nitrogens is 1. The van der Waals surface area contributed by atoms with E-state index >= 15 is 0 Å². The minimum Gasteiger partial charge on any atom is -0.396 e. The van der Waals surface area contributed by atoms with Crippen molar-refractivity contribution in [2.24, 2.45) is 5.41 Å². The molecule has 22 heavy (non-hydrogen) atoms. The maximum Gasteiger partial charge on any atom is 0.252 e. The van der Waals surface area contributed by atoms with Crippen LogP contribution in [-0.2, 0) is 11.3 Å². The van der Waals surface area contributed by atoms with Gasteiger partial charge in [-0.2, -0.15) is 0 Å². The molecule has 0 spiro atoms. The summed E-state index contributed by atoms with van der Waals surface area (Å²) in [6.07, 6.45) is 1.68. The van der Waals surface area contributed by atoms with E-state index < -0.39 is 0 Å². The summed E-state index contributed by atoms with van der Waals surface area (Å²) in [6, 6.07) is 9.71. The number of aliphatic hydroxyl groups is 1. The summed E-state index contributed by atoms with van der Waals surface area (Å²) in [6.45, 7) is 2.86.